The van der Waals surface area contributed by atoms with E-state index in [1.165, 1.54) is 0 Å². The first-order valence-corrected chi connectivity index (χ1v) is 6.51. The molecular weight excluding hydrogens is 272 g/mol. The van der Waals surface area contributed by atoms with Gasteiger partial charge in [0.1, 0.15) is 11.9 Å². The van der Waals surface area contributed by atoms with Gasteiger partial charge in [-0.15, -0.1) is 0 Å². The quantitative estimate of drug-likeness (QED) is 0.880. The number of pyridine rings is 1. The van der Waals surface area contributed by atoms with E-state index in [0.717, 1.165) is 11.1 Å². The third-order valence-electron chi connectivity index (χ3n) is 3.09. The van der Waals surface area contributed by atoms with Crippen molar-refractivity contribution in [3.8, 4) is 6.07 Å². The van der Waals surface area contributed by atoms with Crippen molar-refractivity contribution in [2.24, 2.45) is 0 Å². The molecular formula is C15H15ClN4. The monoisotopic (exact) mass is 286 g/mol. The fourth-order valence-electron chi connectivity index (χ4n) is 2.02. The summed E-state index contributed by atoms with van der Waals surface area (Å²) >= 11 is 6.17. The second kappa shape index (κ2) is 5.81. The van der Waals surface area contributed by atoms with Gasteiger partial charge in [-0.2, -0.15) is 5.26 Å². The number of nitrogen functional groups attached to an aromatic ring is 1. The molecule has 4 nitrogen and oxygen atoms in total. The first-order chi connectivity index (χ1) is 9.52. The maximum Gasteiger partial charge on any atom is 0.146 e. The minimum atomic E-state index is 0.537. The van der Waals surface area contributed by atoms with Gasteiger partial charge in [0.05, 0.1) is 5.56 Å². The number of nitrogens with zero attached hydrogens (tertiary/aromatic N) is 3. The van der Waals surface area contributed by atoms with Crippen molar-refractivity contribution in [1.82, 2.24) is 4.98 Å². The van der Waals surface area contributed by atoms with E-state index in [0.29, 0.717) is 28.6 Å². The van der Waals surface area contributed by atoms with Crippen LogP contribution in [0.3, 0.4) is 0 Å². The molecule has 0 amide bonds. The zero-order chi connectivity index (χ0) is 14.7. The van der Waals surface area contributed by atoms with Gasteiger partial charge in [0.25, 0.3) is 0 Å². The van der Waals surface area contributed by atoms with Crippen molar-refractivity contribution >= 4 is 23.1 Å². The van der Waals surface area contributed by atoms with Crippen LogP contribution < -0.4 is 10.6 Å². The molecule has 5 heteroatoms. The van der Waals surface area contributed by atoms with Crippen molar-refractivity contribution in [2.45, 2.75) is 13.5 Å². The molecule has 0 saturated carbocycles. The summed E-state index contributed by atoms with van der Waals surface area (Å²) in [6.45, 7) is 2.43. The van der Waals surface area contributed by atoms with E-state index in [2.05, 4.69) is 11.1 Å². The van der Waals surface area contributed by atoms with Crippen LogP contribution in [-0.2, 0) is 6.54 Å². The van der Waals surface area contributed by atoms with Gasteiger partial charge in [0.2, 0.25) is 0 Å². The summed E-state index contributed by atoms with van der Waals surface area (Å²) in [5, 5.41) is 9.90. The van der Waals surface area contributed by atoms with Crippen LogP contribution in [0.15, 0.2) is 30.5 Å². The lowest BCUT2D eigenvalue weighted by Crippen LogP contribution is -2.19. The van der Waals surface area contributed by atoms with Gasteiger partial charge in [-0.3, -0.25) is 0 Å². The Morgan fingerprint density at radius 1 is 1.40 bits per heavy atom. The van der Waals surface area contributed by atoms with E-state index >= 15 is 0 Å². The van der Waals surface area contributed by atoms with Crippen molar-refractivity contribution in [2.75, 3.05) is 17.7 Å². The standard InChI is InChI=1S/C15H15ClN4/c1-10-5-6-19-15(13(10)8-17)20(2)9-11-7-12(18)3-4-14(11)16/h3-7H,9,18H2,1-2H3. The van der Waals surface area contributed by atoms with Gasteiger partial charge in [-0.1, -0.05) is 11.6 Å². The molecule has 0 unspecified atom stereocenters. The van der Waals surface area contributed by atoms with Gasteiger partial charge >= 0.3 is 0 Å². The molecule has 1 aromatic carbocycles. The molecule has 1 heterocycles. The maximum atomic E-state index is 9.25. The summed E-state index contributed by atoms with van der Waals surface area (Å²) in [6, 6.07) is 9.39. The molecule has 102 valence electrons. The largest absolute Gasteiger partial charge is 0.399 e. The molecule has 0 fully saturated rings. The smallest absolute Gasteiger partial charge is 0.146 e. The highest BCUT2D eigenvalue weighted by atomic mass is 35.5. The van der Waals surface area contributed by atoms with Crippen molar-refractivity contribution in [3.63, 3.8) is 0 Å². The Morgan fingerprint density at radius 2 is 2.15 bits per heavy atom. The highest BCUT2D eigenvalue weighted by Crippen LogP contribution is 2.24. The number of nitriles is 1. The molecule has 2 N–H and O–H groups in total. The molecule has 1 aromatic heterocycles. The van der Waals surface area contributed by atoms with Crippen LogP contribution in [0.4, 0.5) is 11.5 Å². The average molecular weight is 287 g/mol. The minimum absolute atomic E-state index is 0.537. The van der Waals surface area contributed by atoms with Gasteiger partial charge in [0, 0.05) is 30.5 Å². The fraction of sp³-hybridized carbons (Fsp3) is 0.200. The Balaban J connectivity index is 2.34. The predicted molar refractivity (Wildman–Crippen MR) is 81.7 cm³/mol. The zero-order valence-corrected chi connectivity index (χ0v) is 12.1. The topological polar surface area (TPSA) is 65.9 Å². The van der Waals surface area contributed by atoms with Crippen molar-refractivity contribution < 1.29 is 0 Å². The minimum Gasteiger partial charge on any atom is -0.399 e. The number of hydrogen-bond donors (Lipinski definition) is 1. The predicted octanol–water partition coefficient (Wildman–Crippen LogP) is 3.13. The molecule has 0 aliphatic heterocycles. The number of rotatable bonds is 3. The van der Waals surface area contributed by atoms with E-state index in [9.17, 15) is 5.26 Å². The van der Waals surface area contributed by atoms with Crippen LogP contribution >= 0.6 is 11.6 Å². The molecule has 0 atom stereocenters. The number of aryl methyl sites for hydroxylation is 1. The summed E-state index contributed by atoms with van der Waals surface area (Å²) < 4.78 is 0. The highest BCUT2D eigenvalue weighted by molar-refractivity contribution is 6.31. The Bertz CT molecular complexity index is 676. The lowest BCUT2D eigenvalue weighted by atomic mass is 10.1. The number of hydrogen-bond acceptors (Lipinski definition) is 4. The number of halogens is 1. The first kappa shape index (κ1) is 14.2. The summed E-state index contributed by atoms with van der Waals surface area (Å²) in [7, 11) is 1.88. The third-order valence-corrected chi connectivity index (χ3v) is 3.46. The zero-order valence-electron chi connectivity index (χ0n) is 11.4. The van der Waals surface area contributed by atoms with E-state index in [1.807, 2.05) is 31.0 Å². The van der Waals surface area contributed by atoms with Crippen LogP contribution in [0.1, 0.15) is 16.7 Å². The normalized spacial score (nSPS) is 10.1. The van der Waals surface area contributed by atoms with E-state index < -0.39 is 0 Å². The number of benzene rings is 1. The summed E-state index contributed by atoms with van der Waals surface area (Å²) in [5.41, 5.74) is 8.83. The molecule has 0 bridgehead atoms. The number of nitrogens with two attached hydrogens (primary N) is 1. The van der Waals surface area contributed by atoms with Crippen LogP contribution in [0.5, 0.6) is 0 Å². The molecule has 0 aliphatic carbocycles. The third kappa shape index (κ3) is 2.84. The number of anilines is 2. The van der Waals surface area contributed by atoms with Crippen LogP contribution in [0.2, 0.25) is 5.02 Å². The lowest BCUT2D eigenvalue weighted by Gasteiger charge is -2.20. The summed E-state index contributed by atoms with van der Waals surface area (Å²) in [5.74, 6) is 0.644. The Hall–Kier alpha value is -2.25. The molecule has 0 radical (unpaired) electrons. The Labute approximate surface area is 123 Å². The van der Waals surface area contributed by atoms with Crippen LogP contribution in [0.25, 0.3) is 0 Å². The van der Waals surface area contributed by atoms with E-state index in [-0.39, 0.29) is 0 Å². The van der Waals surface area contributed by atoms with Crippen LogP contribution in [-0.4, -0.2) is 12.0 Å². The average Bonchev–Trinajstić information content (AvgIpc) is 2.42. The molecule has 20 heavy (non-hydrogen) atoms. The SMILES string of the molecule is Cc1ccnc(N(C)Cc2cc(N)ccc2Cl)c1C#N. The van der Waals surface area contributed by atoms with E-state index in [4.69, 9.17) is 17.3 Å². The van der Waals surface area contributed by atoms with Crippen molar-refractivity contribution in [3.05, 3.63) is 52.2 Å². The Morgan fingerprint density at radius 3 is 2.85 bits per heavy atom. The molecule has 0 saturated heterocycles. The number of aromatic nitrogens is 1. The van der Waals surface area contributed by atoms with Gasteiger partial charge in [0.15, 0.2) is 0 Å². The summed E-state index contributed by atoms with van der Waals surface area (Å²) in [6.07, 6.45) is 1.70. The van der Waals surface area contributed by atoms with E-state index in [1.54, 1.807) is 18.3 Å². The Kier molecular flexibility index (Phi) is 4.11. The van der Waals surface area contributed by atoms with Gasteiger partial charge in [-0.25, -0.2) is 4.98 Å². The lowest BCUT2D eigenvalue weighted by molar-refractivity contribution is 0.893. The maximum absolute atomic E-state index is 9.25. The summed E-state index contributed by atoms with van der Waals surface area (Å²) in [4.78, 5) is 6.18. The molecule has 0 spiro atoms. The van der Waals surface area contributed by atoms with Gasteiger partial charge in [-0.05, 0) is 42.3 Å². The molecule has 0 aliphatic rings. The second-order valence-electron chi connectivity index (χ2n) is 4.65. The van der Waals surface area contributed by atoms with Crippen molar-refractivity contribution in [1.29, 1.82) is 5.26 Å². The molecule has 2 rings (SSSR count). The van der Waals surface area contributed by atoms with Gasteiger partial charge < -0.3 is 10.6 Å². The first-order valence-electron chi connectivity index (χ1n) is 6.13. The van der Waals surface area contributed by atoms with Crippen LogP contribution in [0, 0.1) is 18.3 Å². The molecule has 2 aromatic rings. The fourth-order valence-corrected chi connectivity index (χ4v) is 2.20. The highest BCUT2D eigenvalue weighted by Gasteiger charge is 2.13. The second-order valence-corrected chi connectivity index (χ2v) is 5.05.